The third kappa shape index (κ3) is 3.85. The molecule has 0 saturated carbocycles. The molecule has 0 radical (unpaired) electrons. The number of carbonyl (C=O) groups excluding carboxylic acids is 1. The first-order chi connectivity index (χ1) is 10.1. The van der Waals surface area contributed by atoms with Gasteiger partial charge in [0.2, 0.25) is 5.91 Å². The first-order valence-corrected chi connectivity index (χ1v) is 8.14. The minimum atomic E-state index is -0.218. The van der Waals surface area contributed by atoms with E-state index < -0.39 is 0 Å². The summed E-state index contributed by atoms with van der Waals surface area (Å²) in [5, 5.41) is 6.66. The van der Waals surface area contributed by atoms with Gasteiger partial charge in [-0.3, -0.25) is 4.79 Å². The third-order valence-corrected chi connectivity index (χ3v) is 4.62. The van der Waals surface area contributed by atoms with Crippen molar-refractivity contribution in [1.82, 2.24) is 10.6 Å². The SMILES string of the molecule is CCC1(C(=O)NC(CC(C)C)c2ccccc2)CCNC1. The molecule has 21 heavy (non-hydrogen) atoms. The van der Waals surface area contributed by atoms with Gasteiger partial charge in [0.15, 0.2) is 0 Å². The predicted octanol–water partition coefficient (Wildman–Crippen LogP) is 3.28. The lowest BCUT2D eigenvalue weighted by Gasteiger charge is -2.29. The summed E-state index contributed by atoms with van der Waals surface area (Å²) >= 11 is 0. The summed E-state index contributed by atoms with van der Waals surface area (Å²) in [6.07, 6.45) is 2.82. The molecule has 0 aliphatic carbocycles. The Hall–Kier alpha value is -1.35. The van der Waals surface area contributed by atoms with E-state index >= 15 is 0 Å². The summed E-state index contributed by atoms with van der Waals surface area (Å²) in [6, 6.07) is 10.4. The Kier molecular flexibility index (Phi) is 5.40. The molecule has 3 heteroatoms. The van der Waals surface area contributed by atoms with Crippen LogP contribution in [0.25, 0.3) is 0 Å². The highest BCUT2D eigenvalue weighted by Gasteiger charge is 2.40. The van der Waals surface area contributed by atoms with Crippen molar-refractivity contribution in [2.75, 3.05) is 13.1 Å². The average molecular weight is 288 g/mol. The van der Waals surface area contributed by atoms with Gasteiger partial charge in [0.25, 0.3) is 0 Å². The van der Waals surface area contributed by atoms with E-state index in [2.05, 4.69) is 43.5 Å². The Morgan fingerprint density at radius 2 is 2.05 bits per heavy atom. The molecule has 2 rings (SSSR count). The van der Waals surface area contributed by atoms with Gasteiger partial charge in [0.1, 0.15) is 0 Å². The molecular formula is C18H28N2O. The van der Waals surface area contributed by atoms with E-state index in [1.54, 1.807) is 0 Å². The van der Waals surface area contributed by atoms with Crippen LogP contribution in [0.1, 0.15) is 51.6 Å². The molecule has 1 aliphatic rings. The van der Waals surface area contributed by atoms with Gasteiger partial charge in [-0.2, -0.15) is 0 Å². The molecule has 1 aliphatic heterocycles. The van der Waals surface area contributed by atoms with E-state index in [1.165, 1.54) is 5.56 Å². The van der Waals surface area contributed by atoms with Crippen LogP contribution in [0.5, 0.6) is 0 Å². The molecule has 1 saturated heterocycles. The molecule has 2 N–H and O–H groups in total. The molecule has 1 aromatic carbocycles. The molecule has 116 valence electrons. The van der Waals surface area contributed by atoms with Crippen molar-refractivity contribution in [3.63, 3.8) is 0 Å². The third-order valence-electron chi connectivity index (χ3n) is 4.62. The second kappa shape index (κ2) is 7.08. The van der Waals surface area contributed by atoms with E-state index in [9.17, 15) is 4.79 Å². The van der Waals surface area contributed by atoms with Crippen LogP contribution in [-0.2, 0) is 4.79 Å². The molecule has 2 unspecified atom stereocenters. The van der Waals surface area contributed by atoms with Crippen LogP contribution in [0.15, 0.2) is 30.3 Å². The Bertz CT molecular complexity index is 450. The van der Waals surface area contributed by atoms with Crippen LogP contribution in [0.3, 0.4) is 0 Å². The van der Waals surface area contributed by atoms with Gasteiger partial charge in [-0.15, -0.1) is 0 Å². The maximum absolute atomic E-state index is 12.8. The number of hydrogen-bond donors (Lipinski definition) is 2. The highest BCUT2D eigenvalue weighted by Crippen LogP contribution is 2.31. The summed E-state index contributed by atoms with van der Waals surface area (Å²) in [5.41, 5.74) is 0.987. The van der Waals surface area contributed by atoms with Gasteiger partial charge in [-0.05, 0) is 37.3 Å². The van der Waals surface area contributed by atoms with Gasteiger partial charge < -0.3 is 10.6 Å². The van der Waals surface area contributed by atoms with Gasteiger partial charge in [0, 0.05) is 6.54 Å². The minimum absolute atomic E-state index is 0.114. The molecule has 1 heterocycles. The van der Waals surface area contributed by atoms with Crippen molar-refractivity contribution in [3.05, 3.63) is 35.9 Å². The zero-order chi connectivity index (χ0) is 15.3. The Morgan fingerprint density at radius 1 is 1.33 bits per heavy atom. The first kappa shape index (κ1) is 16.0. The maximum Gasteiger partial charge on any atom is 0.228 e. The fourth-order valence-corrected chi connectivity index (χ4v) is 3.15. The summed E-state index contributed by atoms with van der Waals surface area (Å²) in [6.45, 7) is 8.27. The lowest BCUT2D eigenvalue weighted by molar-refractivity contribution is -0.131. The molecule has 1 amide bonds. The van der Waals surface area contributed by atoms with Gasteiger partial charge in [-0.1, -0.05) is 51.1 Å². The first-order valence-electron chi connectivity index (χ1n) is 8.14. The highest BCUT2D eigenvalue weighted by molar-refractivity contribution is 5.83. The fourth-order valence-electron chi connectivity index (χ4n) is 3.15. The van der Waals surface area contributed by atoms with Gasteiger partial charge in [-0.25, -0.2) is 0 Å². The summed E-state index contributed by atoms with van der Waals surface area (Å²) in [4.78, 5) is 12.8. The van der Waals surface area contributed by atoms with Gasteiger partial charge in [0.05, 0.1) is 11.5 Å². The smallest absolute Gasteiger partial charge is 0.228 e. The zero-order valence-corrected chi connectivity index (χ0v) is 13.5. The zero-order valence-electron chi connectivity index (χ0n) is 13.5. The average Bonchev–Trinajstić information content (AvgIpc) is 2.97. The maximum atomic E-state index is 12.8. The van der Waals surface area contributed by atoms with E-state index in [4.69, 9.17) is 0 Å². The van der Waals surface area contributed by atoms with Gasteiger partial charge >= 0.3 is 0 Å². The van der Waals surface area contributed by atoms with Crippen LogP contribution < -0.4 is 10.6 Å². The lowest BCUT2D eigenvalue weighted by Crippen LogP contribution is -2.44. The fraction of sp³-hybridized carbons (Fsp3) is 0.611. The molecule has 0 aromatic heterocycles. The molecule has 1 aromatic rings. The van der Waals surface area contributed by atoms with E-state index in [0.29, 0.717) is 5.92 Å². The van der Waals surface area contributed by atoms with Crippen LogP contribution in [0.4, 0.5) is 0 Å². The molecule has 2 atom stereocenters. The lowest BCUT2D eigenvalue weighted by atomic mass is 9.82. The molecule has 0 bridgehead atoms. The van der Waals surface area contributed by atoms with E-state index in [1.807, 2.05) is 18.2 Å². The van der Waals surface area contributed by atoms with Crippen molar-refractivity contribution >= 4 is 5.91 Å². The molecule has 3 nitrogen and oxygen atoms in total. The van der Waals surface area contributed by atoms with E-state index in [0.717, 1.165) is 32.4 Å². The second-order valence-electron chi connectivity index (χ2n) is 6.63. The van der Waals surface area contributed by atoms with Crippen molar-refractivity contribution in [1.29, 1.82) is 0 Å². The Balaban J connectivity index is 2.13. The van der Waals surface area contributed by atoms with E-state index in [-0.39, 0.29) is 17.4 Å². The highest BCUT2D eigenvalue weighted by atomic mass is 16.2. The quantitative estimate of drug-likeness (QED) is 0.843. The number of benzene rings is 1. The second-order valence-corrected chi connectivity index (χ2v) is 6.63. The molecule has 0 spiro atoms. The van der Waals surface area contributed by atoms with Crippen molar-refractivity contribution in [2.45, 2.75) is 46.1 Å². The number of carbonyl (C=O) groups is 1. The molecule has 1 fully saturated rings. The van der Waals surface area contributed by atoms with Crippen molar-refractivity contribution in [3.8, 4) is 0 Å². The number of amides is 1. The largest absolute Gasteiger partial charge is 0.349 e. The Morgan fingerprint density at radius 3 is 2.57 bits per heavy atom. The van der Waals surface area contributed by atoms with Crippen LogP contribution >= 0.6 is 0 Å². The summed E-state index contributed by atoms with van der Waals surface area (Å²) in [7, 11) is 0. The van der Waals surface area contributed by atoms with Crippen molar-refractivity contribution in [2.24, 2.45) is 11.3 Å². The number of rotatable bonds is 6. The number of nitrogens with one attached hydrogen (secondary N) is 2. The Labute approximate surface area is 128 Å². The van der Waals surface area contributed by atoms with Crippen LogP contribution in [0.2, 0.25) is 0 Å². The number of hydrogen-bond acceptors (Lipinski definition) is 2. The summed E-state index contributed by atoms with van der Waals surface area (Å²) in [5.74, 6) is 0.763. The topological polar surface area (TPSA) is 41.1 Å². The monoisotopic (exact) mass is 288 g/mol. The van der Waals surface area contributed by atoms with Crippen LogP contribution in [-0.4, -0.2) is 19.0 Å². The normalized spacial score (nSPS) is 23.2. The molecular weight excluding hydrogens is 260 g/mol. The van der Waals surface area contributed by atoms with Crippen LogP contribution in [0, 0.1) is 11.3 Å². The predicted molar refractivity (Wildman–Crippen MR) is 87.0 cm³/mol. The van der Waals surface area contributed by atoms with Crippen molar-refractivity contribution < 1.29 is 4.79 Å². The standard InChI is InChI=1S/C18H28N2O/c1-4-18(10-11-19-13-18)17(21)20-16(12-14(2)3)15-8-6-5-7-9-15/h5-9,14,16,19H,4,10-13H2,1-3H3,(H,20,21). The summed E-state index contributed by atoms with van der Waals surface area (Å²) < 4.78 is 0. The minimum Gasteiger partial charge on any atom is -0.349 e.